The molecule has 0 fully saturated rings. The SMILES string of the molecule is COc1ccc(C(C)(C)CNC(=O)Nc2cc(OC)c(OC)c(OC)c2)cc1. The van der Waals surface area contributed by atoms with Gasteiger partial charge in [-0.05, 0) is 17.7 Å². The summed E-state index contributed by atoms with van der Waals surface area (Å²) in [5, 5.41) is 5.71. The maximum Gasteiger partial charge on any atom is 0.319 e. The first-order valence-electron chi connectivity index (χ1n) is 8.84. The number of urea groups is 1. The van der Waals surface area contributed by atoms with Crippen LogP contribution in [0.5, 0.6) is 23.0 Å². The first-order chi connectivity index (χ1) is 13.3. The third kappa shape index (κ3) is 5.00. The molecule has 0 heterocycles. The van der Waals surface area contributed by atoms with E-state index in [2.05, 4.69) is 24.5 Å². The van der Waals surface area contributed by atoms with Crippen molar-refractivity contribution >= 4 is 11.7 Å². The number of methoxy groups -OCH3 is 4. The molecule has 0 aliphatic carbocycles. The topological polar surface area (TPSA) is 78.1 Å². The van der Waals surface area contributed by atoms with Crippen molar-refractivity contribution in [3.8, 4) is 23.0 Å². The molecule has 2 amide bonds. The monoisotopic (exact) mass is 388 g/mol. The second-order valence-electron chi connectivity index (χ2n) is 6.83. The third-order valence-electron chi connectivity index (χ3n) is 4.48. The molecule has 2 aromatic carbocycles. The second kappa shape index (κ2) is 9.21. The van der Waals surface area contributed by atoms with Gasteiger partial charge >= 0.3 is 6.03 Å². The van der Waals surface area contributed by atoms with E-state index < -0.39 is 0 Å². The molecule has 2 rings (SSSR count). The molecule has 2 aromatic rings. The smallest absolute Gasteiger partial charge is 0.319 e. The minimum absolute atomic E-state index is 0.251. The van der Waals surface area contributed by atoms with Crippen LogP contribution in [0.1, 0.15) is 19.4 Å². The minimum atomic E-state index is -0.323. The lowest BCUT2D eigenvalue weighted by Crippen LogP contribution is -2.38. The van der Waals surface area contributed by atoms with E-state index in [0.29, 0.717) is 29.5 Å². The number of amides is 2. The summed E-state index contributed by atoms with van der Waals surface area (Å²) in [6, 6.07) is 10.8. The van der Waals surface area contributed by atoms with Gasteiger partial charge < -0.3 is 29.6 Å². The molecule has 0 saturated carbocycles. The first-order valence-corrected chi connectivity index (χ1v) is 8.84. The van der Waals surface area contributed by atoms with Gasteiger partial charge in [0.1, 0.15) is 5.75 Å². The summed E-state index contributed by atoms with van der Waals surface area (Å²) in [4.78, 5) is 12.4. The normalized spacial score (nSPS) is 10.8. The number of carbonyl (C=O) groups excluding carboxylic acids is 1. The fourth-order valence-corrected chi connectivity index (χ4v) is 2.77. The Bertz CT molecular complexity index is 778. The maximum absolute atomic E-state index is 12.4. The van der Waals surface area contributed by atoms with Crippen LogP contribution in [-0.2, 0) is 5.41 Å². The Morgan fingerprint density at radius 2 is 1.46 bits per heavy atom. The highest BCUT2D eigenvalue weighted by Crippen LogP contribution is 2.39. The molecule has 2 N–H and O–H groups in total. The van der Waals surface area contributed by atoms with E-state index in [0.717, 1.165) is 11.3 Å². The minimum Gasteiger partial charge on any atom is -0.497 e. The van der Waals surface area contributed by atoms with Crippen LogP contribution < -0.4 is 29.6 Å². The van der Waals surface area contributed by atoms with Gasteiger partial charge in [0.05, 0.1) is 34.1 Å². The molecule has 0 aliphatic heterocycles. The predicted molar refractivity (Wildman–Crippen MR) is 109 cm³/mol. The molecule has 0 radical (unpaired) electrons. The lowest BCUT2D eigenvalue weighted by atomic mass is 9.84. The van der Waals surface area contributed by atoms with Gasteiger partial charge in [0.15, 0.2) is 11.5 Å². The van der Waals surface area contributed by atoms with E-state index in [1.165, 1.54) is 21.3 Å². The molecule has 28 heavy (non-hydrogen) atoms. The van der Waals surface area contributed by atoms with Crippen LogP contribution >= 0.6 is 0 Å². The molecule has 0 aromatic heterocycles. The van der Waals surface area contributed by atoms with Crippen LogP contribution in [0.4, 0.5) is 10.5 Å². The number of hydrogen-bond acceptors (Lipinski definition) is 5. The Labute approximate surface area is 165 Å². The number of rotatable bonds is 8. The van der Waals surface area contributed by atoms with Crippen molar-refractivity contribution in [2.75, 3.05) is 40.3 Å². The highest BCUT2D eigenvalue weighted by Gasteiger charge is 2.22. The number of nitrogens with one attached hydrogen (secondary N) is 2. The summed E-state index contributed by atoms with van der Waals surface area (Å²) in [5.74, 6) is 2.20. The lowest BCUT2D eigenvalue weighted by molar-refractivity contribution is 0.249. The van der Waals surface area contributed by atoms with Gasteiger partial charge in [-0.2, -0.15) is 0 Å². The number of anilines is 1. The Kier molecular flexibility index (Phi) is 6.98. The average Bonchev–Trinajstić information content (AvgIpc) is 2.71. The largest absolute Gasteiger partial charge is 0.497 e. The van der Waals surface area contributed by atoms with Crippen molar-refractivity contribution in [1.29, 1.82) is 0 Å². The van der Waals surface area contributed by atoms with Crippen LogP contribution in [0, 0.1) is 0 Å². The average molecular weight is 388 g/mol. The zero-order valence-corrected chi connectivity index (χ0v) is 17.2. The second-order valence-corrected chi connectivity index (χ2v) is 6.83. The van der Waals surface area contributed by atoms with Crippen molar-refractivity contribution in [2.45, 2.75) is 19.3 Å². The summed E-state index contributed by atoms with van der Waals surface area (Å²) in [6.45, 7) is 4.58. The molecule has 0 saturated heterocycles. The van der Waals surface area contributed by atoms with Crippen LogP contribution in [0.2, 0.25) is 0 Å². The molecule has 0 atom stereocenters. The summed E-state index contributed by atoms with van der Waals surface area (Å²) < 4.78 is 21.1. The molecule has 0 aliphatic rings. The zero-order valence-electron chi connectivity index (χ0n) is 17.2. The standard InChI is InChI=1S/C21H28N2O5/c1-21(2,14-7-9-16(25-3)10-8-14)13-22-20(24)23-15-11-17(26-4)19(28-6)18(12-15)27-5/h7-12H,13H2,1-6H3,(H2,22,23,24). The van der Waals surface area contributed by atoms with Crippen molar-refractivity contribution < 1.29 is 23.7 Å². The van der Waals surface area contributed by atoms with Crippen LogP contribution in [0.25, 0.3) is 0 Å². The van der Waals surface area contributed by atoms with E-state index in [1.54, 1.807) is 19.2 Å². The fraction of sp³-hybridized carbons (Fsp3) is 0.381. The van der Waals surface area contributed by atoms with Crippen molar-refractivity contribution in [2.24, 2.45) is 0 Å². The summed E-state index contributed by atoms with van der Waals surface area (Å²) in [7, 11) is 6.22. The number of benzene rings is 2. The van der Waals surface area contributed by atoms with Crippen LogP contribution in [-0.4, -0.2) is 41.0 Å². The Balaban J connectivity index is 2.05. The summed E-state index contributed by atoms with van der Waals surface area (Å²) in [5.41, 5.74) is 1.38. The molecule has 7 nitrogen and oxygen atoms in total. The van der Waals surface area contributed by atoms with E-state index in [4.69, 9.17) is 18.9 Å². The predicted octanol–water partition coefficient (Wildman–Crippen LogP) is 3.82. The number of ether oxygens (including phenoxy) is 4. The first kappa shape index (κ1) is 21.2. The van der Waals surface area contributed by atoms with Gasteiger partial charge in [0.2, 0.25) is 5.75 Å². The fourth-order valence-electron chi connectivity index (χ4n) is 2.77. The van der Waals surface area contributed by atoms with Crippen molar-refractivity contribution in [1.82, 2.24) is 5.32 Å². The summed E-state index contributed by atoms with van der Waals surface area (Å²) in [6.07, 6.45) is 0. The van der Waals surface area contributed by atoms with Gasteiger partial charge in [0.25, 0.3) is 0 Å². The molecule has 152 valence electrons. The maximum atomic E-state index is 12.4. The van der Waals surface area contributed by atoms with Gasteiger partial charge in [0, 0.05) is 24.1 Å². The van der Waals surface area contributed by atoms with E-state index in [-0.39, 0.29) is 11.4 Å². The van der Waals surface area contributed by atoms with E-state index in [1.807, 2.05) is 24.3 Å². The van der Waals surface area contributed by atoms with Gasteiger partial charge in [-0.3, -0.25) is 0 Å². The molecular formula is C21H28N2O5. The highest BCUT2D eigenvalue weighted by atomic mass is 16.5. The molecule has 7 heteroatoms. The molecule has 0 spiro atoms. The van der Waals surface area contributed by atoms with Crippen LogP contribution in [0.15, 0.2) is 36.4 Å². The lowest BCUT2D eigenvalue weighted by Gasteiger charge is -2.26. The summed E-state index contributed by atoms with van der Waals surface area (Å²) >= 11 is 0. The van der Waals surface area contributed by atoms with Crippen LogP contribution in [0.3, 0.4) is 0 Å². The third-order valence-corrected chi connectivity index (χ3v) is 4.48. The Morgan fingerprint density at radius 3 is 1.93 bits per heavy atom. The van der Waals surface area contributed by atoms with Crippen molar-refractivity contribution in [3.63, 3.8) is 0 Å². The Morgan fingerprint density at radius 1 is 0.893 bits per heavy atom. The van der Waals surface area contributed by atoms with Gasteiger partial charge in [-0.15, -0.1) is 0 Å². The zero-order chi connectivity index (χ0) is 20.7. The van der Waals surface area contributed by atoms with E-state index >= 15 is 0 Å². The quantitative estimate of drug-likeness (QED) is 0.719. The number of carbonyl (C=O) groups is 1. The Hall–Kier alpha value is -3.09. The van der Waals surface area contributed by atoms with E-state index in [9.17, 15) is 4.79 Å². The molecular weight excluding hydrogens is 360 g/mol. The van der Waals surface area contributed by atoms with Gasteiger partial charge in [-0.1, -0.05) is 26.0 Å². The molecule has 0 bridgehead atoms. The number of hydrogen-bond donors (Lipinski definition) is 2. The van der Waals surface area contributed by atoms with Crippen molar-refractivity contribution in [3.05, 3.63) is 42.0 Å². The highest BCUT2D eigenvalue weighted by molar-refractivity contribution is 5.90. The molecule has 0 unspecified atom stereocenters. The van der Waals surface area contributed by atoms with Gasteiger partial charge in [-0.25, -0.2) is 4.79 Å².